The first-order chi connectivity index (χ1) is 15.6. The molecule has 7 heteroatoms. The predicted octanol–water partition coefficient (Wildman–Crippen LogP) is 5.03. The lowest BCUT2D eigenvalue weighted by atomic mass is 10.1. The van der Waals surface area contributed by atoms with Crippen LogP contribution in [0.4, 0.5) is 0 Å². The van der Waals surface area contributed by atoms with Gasteiger partial charge in [0.1, 0.15) is 11.1 Å². The molecule has 5 nitrogen and oxygen atoms in total. The Balaban J connectivity index is 1.27. The van der Waals surface area contributed by atoms with Gasteiger partial charge in [0, 0.05) is 23.6 Å². The summed E-state index contributed by atoms with van der Waals surface area (Å²) in [5.41, 5.74) is 4.28. The molecule has 0 spiro atoms. The van der Waals surface area contributed by atoms with Crippen molar-refractivity contribution in [3.05, 3.63) is 94.9 Å². The van der Waals surface area contributed by atoms with E-state index in [0.717, 1.165) is 22.8 Å². The van der Waals surface area contributed by atoms with E-state index >= 15 is 0 Å². The second-order valence-electron chi connectivity index (χ2n) is 7.62. The smallest absolute Gasteiger partial charge is 0.251 e. The van der Waals surface area contributed by atoms with E-state index in [1.165, 1.54) is 11.1 Å². The summed E-state index contributed by atoms with van der Waals surface area (Å²) in [6.07, 6.45) is 1.62. The molecule has 1 N–H and O–H groups in total. The third kappa shape index (κ3) is 5.58. The third-order valence-corrected chi connectivity index (χ3v) is 7.65. The maximum atomic E-state index is 12.5. The van der Waals surface area contributed by atoms with Crippen LogP contribution < -0.4 is 5.32 Å². The topological polar surface area (TPSA) is 62.6 Å². The van der Waals surface area contributed by atoms with Gasteiger partial charge in [0.15, 0.2) is 0 Å². The average Bonchev–Trinajstić information content (AvgIpc) is 3.45. The zero-order valence-corrected chi connectivity index (χ0v) is 19.6. The van der Waals surface area contributed by atoms with Crippen LogP contribution in [-0.4, -0.2) is 34.8 Å². The lowest BCUT2D eigenvalue weighted by molar-refractivity contribution is -0.128. The molecule has 2 aromatic carbocycles. The minimum absolute atomic E-state index is 0.0671. The normalized spacial score (nSPS) is 15.8. The van der Waals surface area contributed by atoms with Crippen LogP contribution in [0, 0.1) is 6.92 Å². The molecular formula is C25H26N2O3S2. The van der Waals surface area contributed by atoms with Gasteiger partial charge in [-0.25, -0.2) is 0 Å². The molecule has 0 unspecified atom stereocenters. The van der Waals surface area contributed by atoms with Gasteiger partial charge in [0.2, 0.25) is 5.91 Å². The zero-order valence-electron chi connectivity index (χ0n) is 18.0. The van der Waals surface area contributed by atoms with Crippen molar-refractivity contribution < 1.29 is 14.0 Å². The van der Waals surface area contributed by atoms with E-state index in [-0.39, 0.29) is 17.2 Å². The van der Waals surface area contributed by atoms with Crippen LogP contribution in [0.15, 0.2) is 71.3 Å². The number of hydrogen-bond donors (Lipinski definition) is 1. The maximum absolute atomic E-state index is 12.5. The van der Waals surface area contributed by atoms with Gasteiger partial charge < -0.3 is 14.6 Å². The molecule has 0 aliphatic carbocycles. The van der Waals surface area contributed by atoms with Crippen LogP contribution in [0.1, 0.15) is 38.2 Å². The quantitative estimate of drug-likeness (QED) is 0.449. The SMILES string of the molecule is Cc1ccccc1CSCCNC(=O)c1ccc([C@H]2SCC(=O)N2Cc2ccco2)cc1. The number of amides is 2. The van der Waals surface area contributed by atoms with Gasteiger partial charge in [-0.2, -0.15) is 11.8 Å². The highest BCUT2D eigenvalue weighted by molar-refractivity contribution is 8.00. The summed E-state index contributed by atoms with van der Waals surface area (Å²) in [7, 11) is 0. The molecule has 2 heterocycles. The lowest BCUT2D eigenvalue weighted by Gasteiger charge is -2.23. The van der Waals surface area contributed by atoms with Crippen LogP contribution in [0.5, 0.6) is 0 Å². The van der Waals surface area contributed by atoms with E-state index in [1.54, 1.807) is 18.0 Å². The number of thioether (sulfide) groups is 2. The van der Waals surface area contributed by atoms with Crippen molar-refractivity contribution in [1.82, 2.24) is 10.2 Å². The summed E-state index contributed by atoms with van der Waals surface area (Å²) in [6, 6.07) is 19.6. The highest BCUT2D eigenvalue weighted by Gasteiger charge is 2.33. The summed E-state index contributed by atoms with van der Waals surface area (Å²) in [6.45, 7) is 3.20. The second kappa shape index (κ2) is 10.8. The number of nitrogens with one attached hydrogen (secondary N) is 1. The number of carbonyl (C=O) groups excluding carboxylic acids is 2. The number of nitrogens with zero attached hydrogens (tertiary/aromatic N) is 1. The predicted molar refractivity (Wildman–Crippen MR) is 131 cm³/mol. The molecule has 1 fully saturated rings. The Morgan fingerprint density at radius 2 is 1.97 bits per heavy atom. The van der Waals surface area contributed by atoms with Crippen molar-refractivity contribution in [3.8, 4) is 0 Å². The van der Waals surface area contributed by atoms with Crippen LogP contribution in [0.3, 0.4) is 0 Å². The Labute approximate surface area is 196 Å². The minimum Gasteiger partial charge on any atom is -0.467 e. The highest BCUT2D eigenvalue weighted by atomic mass is 32.2. The van der Waals surface area contributed by atoms with Crippen LogP contribution >= 0.6 is 23.5 Å². The summed E-state index contributed by atoms with van der Waals surface area (Å²) < 4.78 is 5.41. The third-order valence-electron chi connectivity index (χ3n) is 5.38. The van der Waals surface area contributed by atoms with Gasteiger partial charge in [-0.3, -0.25) is 9.59 Å². The van der Waals surface area contributed by atoms with Gasteiger partial charge in [-0.15, -0.1) is 11.8 Å². The first-order valence-electron chi connectivity index (χ1n) is 10.6. The number of aryl methyl sites for hydroxylation is 1. The van der Waals surface area contributed by atoms with Crippen molar-refractivity contribution in [3.63, 3.8) is 0 Å². The standard InChI is InChI=1S/C25H26N2O3S2/c1-18-5-2-3-6-21(18)16-31-14-12-26-24(29)19-8-10-20(11-9-19)25-27(23(28)17-32-25)15-22-7-4-13-30-22/h2-11,13,25H,12,14-17H2,1H3,(H,26,29)/t25-/m1/s1. The van der Waals surface area contributed by atoms with Gasteiger partial charge in [0.05, 0.1) is 18.6 Å². The molecule has 4 rings (SSSR count). The fourth-order valence-electron chi connectivity index (χ4n) is 3.56. The zero-order chi connectivity index (χ0) is 22.3. The van der Waals surface area contributed by atoms with E-state index in [0.29, 0.717) is 24.4 Å². The molecule has 0 saturated carbocycles. The monoisotopic (exact) mass is 466 g/mol. The largest absolute Gasteiger partial charge is 0.467 e. The highest BCUT2D eigenvalue weighted by Crippen LogP contribution is 2.39. The summed E-state index contributed by atoms with van der Waals surface area (Å²) in [5, 5.41) is 2.93. The molecule has 0 radical (unpaired) electrons. The van der Waals surface area contributed by atoms with Gasteiger partial charge in [-0.1, -0.05) is 36.4 Å². The van der Waals surface area contributed by atoms with E-state index in [1.807, 2.05) is 53.1 Å². The van der Waals surface area contributed by atoms with Crippen LogP contribution in [0.25, 0.3) is 0 Å². The number of benzene rings is 2. The number of furan rings is 1. The fourth-order valence-corrected chi connectivity index (χ4v) is 5.69. The maximum Gasteiger partial charge on any atom is 0.251 e. The molecule has 3 aromatic rings. The Hall–Kier alpha value is -2.64. The molecule has 0 bridgehead atoms. The molecule has 166 valence electrons. The average molecular weight is 467 g/mol. The van der Waals surface area contributed by atoms with E-state index in [4.69, 9.17) is 4.42 Å². The Morgan fingerprint density at radius 1 is 1.16 bits per heavy atom. The molecule has 1 atom stereocenters. The fraction of sp³-hybridized carbons (Fsp3) is 0.280. The summed E-state index contributed by atoms with van der Waals surface area (Å²) in [5.74, 6) is 3.05. The molecular weight excluding hydrogens is 440 g/mol. The van der Waals surface area contributed by atoms with Gasteiger partial charge in [0.25, 0.3) is 5.91 Å². The van der Waals surface area contributed by atoms with E-state index in [2.05, 4.69) is 36.5 Å². The van der Waals surface area contributed by atoms with Gasteiger partial charge in [-0.05, 0) is 47.9 Å². The van der Waals surface area contributed by atoms with Crippen LogP contribution in [0.2, 0.25) is 0 Å². The lowest BCUT2D eigenvalue weighted by Crippen LogP contribution is -2.28. The summed E-state index contributed by atoms with van der Waals surface area (Å²) in [4.78, 5) is 26.7. The second-order valence-corrected chi connectivity index (χ2v) is 9.80. The molecule has 1 aliphatic heterocycles. The summed E-state index contributed by atoms with van der Waals surface area (Å²) >= 11 is 3.41. The van der Waals surface area contributed by atoms with E-state index in [9.17, 15) is 9.59 Å². The molecule has 1 aliphatic rings. The Bertz CT molecular complexity index is 1050. The molecule has 1 aromatic heterocycles. The number of rotatable bonds is 9. The van der Waals surface area contributed by atoms with Crippen molar-refractivity contribution in [1.29, 1.82) is 0 Å². The number of carbonyl (C=O) groups is 2. The molecule has 2 amide bonds. The number of hydrogen-bond acceptors (Lipinski definition) is 5. The van der Waals surface area contributed by atoms with E-state index < -0.39 is 0 Å². The van der Waals surface area contributed by atoms with Crippen LogP contribution in [-0.2, 0) is 17.1 Å². The first kappa shape index (κ1) is 22.6. The Morgan fingerprint density at radius 3 is 2.72 bits per heavy atom. The van der Waals surface area contributed by atoms with Crippen molar-refractivity contribution in [2.24, 2.45) is 0 Å². The van der Waals surface area contributed by atoms with Crippen molar-refractivity contribution in [2.45, 2.75) is 24.6 Å². The molecule has 32 heavy (non-hydrogen) atoms. The molecule has 1 saturated heterocycles. The first-order valence-corrected chi connectivity index (χ1v) is 12.8. The Kier molecular flexibility index (Phi) is 7.60. The van der Waals surface area contributed by atoms with Crippen molar-refractivity contribution in [2.75, 3.05) is 18.1 Å². The van der Waals surface area contributed by atoms with Gasteiger partial charge >= 0.3 is 0 Å². The van der Waals surface area contributed by atoms with Crippen molar-refractivity contribution >= 4 is 35.3 Å². The minimum atomic E-state index is -0.0735.